The lowest BCUT2D eigenvalue weighted by Gasteiger charge is -2.32. The first-order chi connectivity index (χ1) is 13.2. The molecule has 4 heteroatoms. The van der Waals surface area contributed by atoms with Gasteiger partial charge in [-0.25, -0.2) is 0 Å². The Balaban J connectivity index is 1.42. The molecule has 0 atom stereocenters. The Labute approximate surface area is 160 Å². The summed E-state index contributed by atoms with van der Waals surface area (Å²) in [6, 6.07) is 22.3. The van der Waals surface area contributed by atoms with Crippen LogP contribution >= 0.6 is 0 Å². The van der Waals surface area contributed by atoms with E-state index in [1.807, 2.05) is 47.4 Å². The molecule has 3 aromatic rings. The molecule has 1 aliphatic rings. The smallest absolute Gasteiger partial charge is 0.254 e. The van der Waals surface area contributed by atoms with Gasteiger partial charge < -0.3 is 14.5 Å². The van der Waals surface area contributed by atoms with Gasteiger partial charge in [-0.1, -0.05) is 48.5 Å². The van der Waals surface area contributed by atoms with E-state index in [1.165, 1.54) is 10.5 Å². The van der Waals surface area contributed by atoms with Crippen LogP contribution in [0.5, 0.6) is 5.75 Å². The fourth-order valence-electron chi connectivity index (χ4n) is 3.86. The van der Waals surface area contributed by atoms with Crippen LogP contribution < -0.4 is 9.64 Å². The molecule has 3 aromatic carbocycles. The van der Waals surface area contributed by atoms with Crippen LogP contribution in [0.3, 0.4) is 0 Å². The van der Waals surface area contributed by atoms with Crippen LogP contribution in [0.2, 0.25) is 0 Å². The van der Waals surface area contributed by atoms with Gasteiger partial charge in [-0.05, 0) is 29.0 Å². The largest absolute Gasteiger partial charge is 0.497 e. The first-order valence-corrected chi connectivity index (χ1v) is 9.48. The van der Waals surface area contributed by atoms with Gasteiger partial charge in [0.05, 0.1) is 33.3 Å². The molecule has 0 radical (unpaired) electrons. The maximum atomic E-state index is 13.1. The Morgan fingerprint density at radius 2 is 1.74 bits per heavy atom. The van der Waals surface area contributed by atoms with Crippen molar-refractivity contribution in [1.29, 1.82) is 0 Å². The minimum absolute atomic E-state index is 0.146. The maximum absolute atomic E-state index is 13.1. The average molecular weight is 361 g/mol. The van der Waals surface area contributed by atoms with E-state index in [4.69, 9.17) is 4.74 Å². The maximum Gasteiger partial charge on any atom is 0.254 e. The first kappa shape index (κ1) is 17.6. The molecular formula is C23H25N2O2+. The third kappa shape index (κ3) is 3.81. The number of nitrogens with zero attached hydrogens (tertiary/aromatic N) is 1. The van der Waals surface area contributed by atoms with E-state index in [-0.39, 0.29) is 5.91 Å². The Morgan fingerprint density at radius 1 is 1.00 bits per heavy atom. The van der Waals surface area contributed by atoms with Crippen LogP contribution in [0.1, 0.15) is 15.9 Å². The van der Waals surface area contributed by atoms with E-state index < -0.39 is 0 Å². The van der Waals surface area contributed by atoms with Crippen molar-refractivity contribution in [3.63, 3.8) is 0 Å². The number of methoxy groups -OCH3 is 1. The molecule has 1 heterocycles. The third-order valence-electron chi connectivity index (χ3n) is 5.37. The predicted molar refractivity (Wildman–Crippen MR) is 107 cm³/mol. The summed E-state index contributed by atoms with van der Waals surface area (Å²) in [4.78, 5) is 16.6. The Kier molecular flexibility index (Phi) is 5.07. The molecule has 4 rings (SSSR count). The summed E-state index contributed by atoms with van der Waals surface area (Å²) in [6.07, 6.45) is 0. The Hall–Kier alpha value is -2.85. The molecule has 1 fully saturated rings. The van der Waals surface area contributed by atoms with E-state index in [2.05, 4.69) is 24.3 Å². The number of rotatable bonds is 4. The topological polar surface area (TPSA) is 34.0 Å². The second-order valence-electron chi connectivity index (χ2n) is 7.10. The molecule has 0 bridgehead atoms. The van der Waals surface area contributed by atoms with Crippen molar-refractivity contribution in [3.8, 4) is 5.75 Å². The number of quaternary nitrogens is 1. The summed E-state index contributed by atoms with van der Waals surface area (Å²) in [5, 5.41) is 2.15. The minimum atomic E-state index is 0.146. The van der Waals surface area contributed by atoms with Crippen molar-refractivity contribution in [1.82, 2.24) is 4.90 Å². The van der Waals surface area contributed by atoms with Crippen LogP contribution in [0, 0.1) is 0 Å². The molecule has 1 N–H and O–H groups in total. The highest BCUT2D eigenvalue weighted by atomic mass is 16.5. The number of nitrogens with one attached hydrogen (secondary N) is 1. The zero-order chi connectivity index (χ0) is 18.6. The number of ether oxygens (including phenoxy) is 1. The van der Waals surface area contributed by atoms with Crippen molar-refractivity contribution < 1.29 is 14.4 Å². The van der Waals surface area contributed by atoms with Gasteiger partial charge in [0.15, 0.2) is 0 Å². The number of hydrogen-bond donors (Lipinski definition) is 1. The summed E-state index contributed by atoms with van der Waals surface area (Å²) >= 11 is 0. The van der Waals surface area contributed by atoms with Crippen molar-refractivity contribution in [2.75, 3.05) is 33.3 Å². The van der Waals surface area contributed by atoms with Crippen molar-refractivity contribution in [2.24, 2.45) is 0 Å². The Morgan fingerprint density at radius 3 is 2.56 bits per heavy atom. The number of carbonyl (C=O) groups excluding carboxylic acids is 1. The lowest BCUT2D eigenvalue weighted by Crippen LogP contribution is -3.13. The van der Waals surface area contributed by atoms with Gasteiger partial charge in [-0.3, -0.25) is 4.79 Å². The van der Waals surface area contributed by atoms with Crippen molar-refractivity contribution in [2.45, 2.75) is 6.54 Å². The zero-order valence-electron chi connectivity index (χ0n) is 15.7. The Bertz CT molecular complexity index is 941. The first-order valence-electron chi connectivity index (χ1n) is 9.48. The fourth-order valence-corrected chi connectivity index (χ4v) is 3.86. The summed E-state index contributed by atoms with van der Waals surface area (Å²) < 4.78 is 5.31. The molecule has 1 aliphatic heterocycles. The van der Waals surface area contributed by atoms with Gasteiger partial charge in [0.25, 0.3) is 5.91 Å². The van der Waals surface area contributed by atoms with Gasteiger partial charge in [-0.15, -0.1) is 0 Å². The molecule has 1 amide bonds. The highest BCUT2D eigenvalue weighted by Crippen LogP contribution is 2.20. The summed E-state index contributed by atoms with van der Waals surface area (Å²) in [5.41, 5.74) is 2.09. The standard InChI is InChI=1S/C23H24N2O2/c1-27-20-9-4-6-18(16-20)17-24-12-14-25(15-13-24)23(26)22-11-5-8-19-7-2-3-10-21(19)22/h2-11,16H,12-15,17H2,1H3/p+1. The van der Waals surface area contributed by atoms with Gasteiger partial charge in [0.1, 0.15) is 12.3 Å². The molecule has 0 spiro atoms. The monoisotopic (exact) mass is 361 g/mol. The van der Waals surface area contributed by atoms with Gasteiger partial charge >= 0.3 is 0 Å². The number of carbonyl (C=O) groups is 1. The lowest BCUT2D eigenvalue weighted by molar-refractivity contribution is -0.917. The van der Waals surface area contributed by atoms with Crippen molar-refractivity contribution in [3.05, 3.63) is 77.9 Å². The molecule has 0 aromatic heterocycles. The van der Waals surface area contributed by atoms with E-state index in [0.717, 1.165) is 54.8 Å². The minimum Gasteiger partial charge on any atom is -0.497 e. The molecule has 4 nitrogen and oxygen atoms in total. The van der Waals surface area contributed by atoms with E-state index in [9.17, 15) is 4.79 Å². The molecular weight excluding hydrogens is 336 g/mol. The number of benzene rings is 3. The van der Waals surface area contributed by atoms with Crippen LogP contribution in [0.15, 0.2) is 66.7 Å². The van der Waals surface area contributed by atoms with Crippen LogP contribution in [0.4, 0.5) is 0 Å². The molecule has 138 valence electrons. The van der Waals surface area contributed by atoms with E-state index in [0.29, 0.717) is 0 Å². The second kappa shape index (κ2) is 7.80. The summed E-state index contributed by atoms with van der Waals surface area (Å²) in [5.74, 6) is 1.05. The molecule has 1 saturated heterocycles. The molecule has 27 heavy (non-hydrogen) atoms. The SMILES string of the molecule is COc1cccc(C[NH+]2CCN(C(=O)c3cccc4ccccc34)CC2)c1. The van der Waals surface area contributed by atoms with Gasteiger partial charge in [-0.2, -0.15) is 0 Å². The van der Waals surface area contributed by atoms with Crippen LogP contribution in [-0.2, 0) is 6.54 Å². The summed E-state index contributed by atoms with van der Waals surface area (Å²) in [7, 11) is 1.70. The predicted octanol–water partition coefficient (Wildman–Crippen LogP) is 2.39. The number of piperazine rings is 1. The fraction of sp³-hybridized carbons (Fsp3) is 0.261. The van der Waals surface area contributed by atoms with Crippen LogP contribution in [-0.4, -0.2) is 44.1 Å². The number of fused-ring (bicyclic) bond motifs is 1. The highest BCUT2D eigenvalue weighted by molar-refractivity contribution is 6.07. The van der Waals surface area contributed by atoms with Crippen molar-refractivity contribution >= 4 is 16.7 Å². The second-order valence-corrected chi connectivity index (χ2v) is 7.10. The lowest BCUT2D eigenvalue weighted by atomic mass is 10.0. The van der Waals surface area contributed by atoms with Gasteiger partial charge in [0, 0.05) is 11.1 Å². The number of hydrogen-bond acceptors (Lipinski definition) is 2. The highest BCUT2D eigenvalue weighted by Gasteiger charge is 2.25. The average Bonchev–Trinajstić information content (AvgIpc) is 2.73. The molecule has 0 aliphatic carbocycles. The zero-order valence-corrected chi connectivity index (χ0v) is 15.7. The van der Waals surface area contributed by atoms with E-state index >= 15 is 0 Å². The molecule has 0 unspecified atom stereocenters. The third-order valence-corrected chi connectivity index (χ3v) is 5.37. The summed E-state index contributed by atoms with van der Waals surface area (Å²) in [6.45, 7) is 4.48. The van der Waals surface area contributed by atoms with Crippen LogP contribution in [0.25, 0.3) is 10.8 Å². The van der Waals surface area contributed by atoms with Gasteiger partial charge in [0.2, 0.25) is 0 Å². The van der Waals surface area contributed by atoms with E-state index in [1.54, 1.807) is 7.11 Å². The quantitative estimate of drug-likeness (QED) is 0.774. The number of amides is 1. The normalized spacial score (nSPS) is 15.1. The molecule has 0 saturated carbocycles.